The fourth-order valence-electron chi connectivity index (χ4n) is 2.27. The van der Waals surface area contributed by atoms with Crippen LogP contribution in [0.5, 0.6) is 0 Å². The van der Waals surface area contributed by atoms with Gasteiger partial charge in [-0.2, -0.15) is 0 Å². The van der Waals surface area contributed by atoms with E-state index < -0.39 is 10.8 Å². The molecule has 20 heavy (non-hydrogen) atoms. The second kappa shape index (κ2) is 6.17. The molecule has 2 atom stereocenters. The number of hydrogen-bond donors (Lipinski definition) is 3. The molecule has 108 valence electrons. The number of amides is 1. The number of benzene rings is 1. The molecular weight excluding hydrogens is 274 g/mol. The molecule has 1 heterocycles. The fourth-order valence-corrected chi connectivity index (χ4v) is 3.49. The van der Waals surface area contributed by atoms with Crippen LogP contribution in [0.15, 0.2) is 35.5 Å². The van der Waals surface area contributed by atoms with Crippen LogP contribution in [0.25, 0.3) is 0 Å². The molecule has 4 N–H and O–H groups in total. The number of thioether (sulfide) groups is 1. The number of carbonyl (C=O) groups excluding carboxylic acids is 1. The zero-order chi connectivity index (χ0) is 14.6. The largest absolute Gasteiger partial charge is 0.409 e. The van der Waals surface area contributed by atoms with Gasteiger partial charge >= 0.3 is 0 Å². The Labute approximate surface area is 122 Å². The molecule has 5 nitrogen and oxygen atoms in total. The van der Waals surface area contributed by atoms with Crippen LogP contribution in [0.1, 0.15) is 31.4 Å². The molecule has 2 rings (SSSR count). The lowest BCUT2D eigenvalue weighted by molar-refractivity contribution is -0.123. The van der Waals surface area contributed by atoms with E-state index in [9.17, 15) is 4.79 Å². The van der Waals surface area contributed by atoms with Gasteiger partial charge in [0.05, 0.1) is 4.75 Å². The Balaban J connectivity index is 2.19. The Bertz CT molecular complexity index is 498. The first-order valence-electron chi connectivity index (χ1n) is 6.54. The van der Waals surface area contributed by atoms with Gasteiger partial charge in [-0.25, -0.2) is 0 Å². The summed E-state index contributed by atoms with van der Waals surface area (Å²) in [4.78, 5) is 12.4. The first kappa shape index (κ1) is 14.7. The molecule has 0 aromatic heterocycles. The number of nitrogens with two attached hydrogens (primary N) is 1. The molecule has 1 aromatic rings. The molecule has 1 aliphatic rings. The van der Waals surface area contributed by atoms with Crippen molar-refractivity contribution < 1.29 is 10.0 Å². The van der Waals surface area contributed by atoms with E-state index in [2.05, 4.69) is 10.5 Å². The van der Waals surface area contributed by atoms with Crippen LogP contribution in [0.3, 0.4) is 0 Å². The van der Waals surface area contributed by atoms with Gasteiger partial charge in [-0.3, -0.25) is 4.79 Å². The Morgan fingerprint density at radius 2 is 2.20 bits per heavy atom. The summed E-state index contributed by atoms with van der Waals surface area (Å²) in [6.07, 6.45) is 1.88. The van der Waals surface area contributed by atoms with Crippen molar-refractivity contribution >= 4 is 23.5 Å². The minimum Gasteiger partial charge on any atom is -0.409 e. The van der Waals surface area contributed by atoms with E-state index in [1.165, 1.54) is 0 Å². The molecule has 1 aliphatic heterocycles. The number of carbonyl (C=O) groups is 1. The van der Waals surface area contributed by atoms with Gasteiger partial charge in [0.1, 0.15) is 6.04 Å². The third-order valence-corrected chi connectivity index (χ3v) is 5.04. The summed E-state index contributed by atoms with van der Waals surface area (Å²) in [6.45, 7) is 1.94. The van der Waals surface area contributed by atoms with Crippen LogP contribution in [0.2, 0.25) is 0 Å². The van der Waals surface area contributed by atoms with Crippen LogP contribution in [0, 0.1) is 0 Å². The molecule has 1 fully saturated rings. The normalized spacial score (nSPS) is 24.4. The lowest BCUT2D eigenvalue weighted by Gasteiger charge is -2.25. The molecule has 1 amide bonds. The van der Waals surface area contributed by atoms with Crippen molar-refractivity contribution in [2.24, 2.45) is 10.9 Å². The van der Waals surface area contributed by atoms with Gasteiger partial charge in [0.2, 0.25) is 5.91 Å². The second-order valence-corrected chi connectivity index (χ2v) is 6.62. The lowest BCUT2D eigenvalue weighted by Crippen LogP contribution is -2.46. The molecule has 0 saturated carbocycles. The van der Waals surface area contributed by atoms with Crippen LogP contribution < -0.4 is 11.1 Å². The number of amidine groups is 1. The van der Waals surface area contributed by atoms with Gasteiger partial charge in [0.15, 0.2) is 5.84 Å². The van der Waals surface area contributed by atoms with E-state index in [4.69, 9.17) is 10.9 Å². The van der Waals surface area contributed by atoms with E-state index in [1.807, 2.05) is 37.3 Å². The van der Waals surface area contributed by atoms with Crippen molar-refractivity contribution in [2.75, 3.05) is 5.75 Å². The second-order valence-electron chi connectivity index (χ2n) is 5.02. The van der Waals surface area contributed by atoms with Gasteiger partial charge in [-0.05, 0) is 31.1 Å². The lowest BCUT2D eigenvalue weighted by atomic mass is 10.0. The Kier molecular flexibility index (Phi) is 4.54. The number of nitrogens with zero attached hydrogens (tertiary/aromatic N) is 1. The smallest absolute Gasteiger partial charge is 0.236 e. The van der Waals surface area contributed by atoms with Crippen LogP contribution in [0.4, 0.5) is 0 Å². The van der Waals surface area contributed by atoms with Crippen molar-refractivity contribution in [3.63, 3.8) is 0 Å². The van der Waals surface area contributed by atoms with Gasteiger partial charge in [0.25, 0.3) is 0 Å². The Hall–Kier alpha value is -1.69. The molecule has 2 unspecified atom stereocenters. The quantitative estimate of drug-likeness (QED) is 0.342. The molecule has 0 bridgehead atoms. The maximum absolute atomic E-state index is 12.4. The maximum Gasteiger partial charge on any atom is 0.236 e. The maximum atomic E-state index is 12.4. The predicted octanol–water partition coefficient (Wildman–Crippen LogP) is 1.88. The fraction of sp³-hybridized carbons (Fsp3) is 0.429. The minimum absolute atomic E-state index is 0.0175. The van der Waals surface area contributed by atoms with E-state index in [1.54, 1.807) is 11.8 Å². The molecule has 1 aromatic carbocycles. The monoisotopic (exact) mass is 293 g/mol. The predicted molar refractivity (Wildman–Crippen MR) is 80.8 cm³/mol. The standard InChI is InChI=1S/C14H19N3O2S/c1-14(8-5-9-20-14)13(18)16-11(12(15)17-19)10-6-3-2-4-7-10/h2-4,6-7,11,19H,5,8-9H2,1H3,(H2,15,17)(H,16,18). The summed E-state index contributed by atoms with van der Waals surface area (Å²) in [6, 6.07) is 8.66. The van der Waals surface area contributed by atoms with Gasteiger partial charge < -0.3 is 16.3 Å². The zero-order valence-corrected chi connectivity index (χ0v) is 12.2. The number of oxime groups is 1. The Morgan fingerprint density at radius 1 is 1.50 bits per heavy atom. The summed E-state index contributed by atoms with van der Waals surface area (Å²) < 4.78 is -0.428. The minimum atomic E-state index is -0.605. The van der Waals surface area contributed by atoms with E-state index in [0.717, 1.165) is 24.2 Å². The summed E-state index contributed by atoms with van der Waals surface area (Å²) in [5, 5.41) is 14.8. The van der Waals surface area contributed by atoms with Gasteiger partial charge in [-0.15, -0.1) is 11.8 Å². The highest BCUT2D eigenvalue weighted by Gasteiger charge is 2.38. The van der Waals surface area contributed by atoms with Crippen LogP contribution in [-0.4, -0.2) is 27.4 Å². The first-order chi connectivity index (χ1) is 9.57. The average molecular weight is 293 g/mol. The third kappa shape index (κ3) is 3.07. The molecule has 6 heteroatoms. The molecular formula is C14H19N3O2S. The van der Waals surface area contributed by atoms with Crippen molar-refractivity contribution in [1.29, 1.82) is 0 Å². The molecule has 1 saturated heterocycles. The summed E-state index contributed by atoms with van der Waals surface area (Å²) in [5.74, 6) is 0.903. The van der Waals surface area contributed by atoms with Crippen molar-refractivity contribution in [3.05, 3.63) is 35.9 Å². The Morgan fingerprint density at radius 3 is 2.75 bits per heavy atom. The average Bonchev–Trinajstić information content (AvgIpc) is 2.93. The van der Waals surface area contributed by atoms with Crippen molar-refractivity contribution in [3.8, 4) is 0 Å². The molecule has 0 radical (unpaired) electrons. The van der Waals surface area contributed by atoms with E-state index in [0.29, 0.717) is 0 Å². The number of nitrogens with one attached hydrogen (secondary N) is 1. The summed E-state index contributed by atoms with van der Waals surface area (Å²) in [5.41, 5.74) is 6.51. The van der Waals surface area contributed by atoms with Crippen LogP contribution in [-0.2, 0) is 4.79 Å². The topological polar surface area (TPSA) is 87.7 Å². The molecule has 0 aliphatic carbocycles. The highest BCUT2D eigenvalue weighted by atomic mass is 32.2. The summed E-state index contributed by atoms with van der Waals surface area (Å²) in [7, 11) is 0. The molecule has 0 spiro atoms. The van der Waals surface area contributed by atoms with Gasteiger partial charge in [0, 0.05) is 0 Å². The van der Waals surface area contributed by atoms with Gasteiger partial charge in [-0.1, -0.05) is 35.5 Å². The highest BCUT2D eigenvalue weighted by molar-refractivity contribution is 8.01. The third-order valence-electron chi connectivity index (χ3n) is 3.52. The number of hydrogen-bond acceptors (Lipinski definition) is 4. The van der Waals surface area contributed by atoms with Crippen LogP contribution >= 0.6 is 11.8 Å². The zero-order valence-electron chi connectivity index (χ0n) is 11.4. The van der Waals surface area contributed by atoms with E-state index in [-0.39, 0.29) is 11.7 Å². The van der Waals surface area contributed by atoms with E-state index >= 15 is 0 Å². The SMILES string of the molecule is CC1(C(=O)NC(/C(N)=N/O)c2ccccc2)CCCS1. The highest BCUT2D eigenvalue weighted by Crippen LogP contribution is 2.38. The summed E-state index contributed by atoms with van der Waals surface area (Å²) >= 11 is 1.65. The number of rotatable bonds is 4. The first-order valence-corrected chi connectivity index (χ1v) is 7.53. The van der Waals surface area contributed by atoms with Crippen molar-refractivity contribution in [2.45, 2.75) is 30.6 Å². The van der Waals surface area contributed by atoms with Crippen molar-refractivity contribution in [1.82, 2.24) is 5.32 Å².